The van der Waals surface area contributed by atoms with Crippen LogP contribution in [0.25, 0.3) is 0 Å². The van der Waals surface area contributed by atoms with E-state index in [4.69, 9.17) is 0 Å². The van der Waals surface area contributed by atoms with E-state index >= 15 is 0 Å². The molecule has 9 heavy (non-hydrogen) atoms. The van der Waals surface area contributed by atoms with Gasteiger partial charge in [0.25, 0.3) is 0 Å². The molecule has 54 valence electrons. The fraction of sp³-hybridized carbons (Fsp3) is 0.714. The molecule has 0 N–H and O–H groups in total. The summed E-state index contributed by atoms with van der Waals surface area (Å²) in [5, 5.41) is 0. The van der Waals surface area contributed by atoms with Gasteiger partial charge in [-0.05, 0) is 0 Å². The average Bonchev–Trinajstić information content (AvgIpc) is 2.48. The molecule has 2 heteroatoms. The van der Waals surface area contributed by atoms with Crippen molar-refractivity contribution in [3.63, 3.8) is 0 Å². The van der Waals surface area contributed by atoms with E-state index in [1.807, 2.05) is 0 Å². The van der Waals surface area contributed by atoms with E-state index in [9.17, 15) is 0 Å². The first kappa shape index (κ1) is 7.54. The second-order valence-corrected chi connectivity index (χ2v) is 7.57. The van der Waals surface area contributed by atoms with Crippen molar-refractivity contribution >= 4 is 0 Å². The number of nitrogens with zero attached hydrogens (tertiary/aromatic N) is 1. The van der Waals surface area contributed by atoms with E-state index in [1.54, 1.807) is 0 Å². The number of allylic oxidation sites excluding steroid dienone is 1. The Bertz CT molecular complexity index is 118. The molecular formula is C7H14IN. The third-order valence-electron chi connectivity index (χ3n) is 1.55. The van der Waals surface area contributed by atoms with Gasteiger partial charge in [-0.1, -0.05) is 0 Å². The number of alkyl halides is 1. The van der Waals surface area contributed by atoms with Crippen LogP contribution in [0, 0.1) is 0 Å². The minimum absolute atomic E-state index is 0.349. The number of rotatable bonds is 3. The summed E-state index contributed by atoms with van der Waals surface area (Å²) in [7, 11) is 2.35. The second-order valence-electron chi connectivity index (χ2n) is 2.72. The van der Waals surface area contributed by atoms with Crippen molar-refractivity contribution in [2.45, 2.75) is 10.8 Å². The first-order valence-corrected chi connectivity index (χ1v) is 5.50. The van der Waals surface area contributed by atoms with Crippen LogP contribution in [0.1, 0.15) is 6.92 Å². The van der Waals surface area contributed by atoms with Crippen LogP contribution < -0.4 is 21.5 Å². The molecule has 0 bridgehead atoms. The van der Waals surface area contributed by atoms with Gasteiger partial charge in [-0.25, -0.2) is 0 Å². The SMILES string of the molecule is C=CC(C)[I-][N+]1(C)CC1. The molecule has 1 aliphatic heterocycles. The van der Waals surface area contributed by atoms with E-state index < -0.39 is 0 Å². The number of hydrogen-bond acceptors (Lipinski definition) is 0. The topological polar surface area (TPSA) is 0 Å². The van der Waals surface area contributed by atoms with Crippen molar-refractivity contribution in [2.24, 2.45) is 0 Å². The quantitative estimate of drug-likeness (QED) is 0.176. The monoisotopic (exact) mass is 239 g/mol. The Kier molecular flexibility index (Phi) is 2.16. The number of quaternary nitrogens is 1. The average molecular weight is 239 g/mol. The number of hydrogen-bond donors (Lipinski definition) is 0. The van der Waals surface area contributed by atoms with Crippen molar-refractivity contribution in [1.29, 1.82) is 0 Å². The van der Waals surface area contributed by atoms with E-state index in [-0.39, 0.29) is 0 Å². The Balaban J connectivity index is 2.24. The third-order valence-corrected chi connectivity index (χ3v) is 5.25. The molecule has 1 heterocycles. The Hall–Kier alpha value is 0.430. The van der Waals surface area contributed by atoms with Crippen molar-refractivity contribution in [2.75, 3.05) is 20.1 Å². The van der Waals surface area contributed by atoms with E-state index in [1.165, 1.54) is 15.8 Å². The molecule has 0 aromatic heterocycles. The molecule has 1 rings (SSSR count). The third kappa shape index (κ3) is 2.26. The minimum atomic E-state index is 0.349. The van der Waals surface area contributed by atoms with Crippen LogP contribution in [0.5, 0.6) is 0 Å². The number of halogens is 1. The molecule has 1 fully saturated rings. The van der Waals surface area contributed by atoms with Crippen molar-refractivity contribution in [1.82, 2.24) is 0 Å². The molecular weight excluding hydrogens is 225 g/mol. The van der Waals surface area contributed by atoms with Gasteiger partial charge in [0.15, 0.2) is 0 Å². The van der Waals surface area contributed by atoms with Crippen LogP contribution in [0.15, 0.2) is 12.7 Å². The van der Waals surface area contributed by atoms with E-state index in [0.717, 1.165) is 3.92 Å². The van der Waals surface area contributed by atoms with Crippen LogP contribution in [0.4, 0.5) is 0 Å². The van der Waals surface area contributed by atoms with Crippen molar-refractivity contribution < 1.29 is 24.2 Å². The maximum atomic E-state index is 3.79. The normalized spacial score (nSPS) is 25.6. The first-order valence-electron chi connectivity index (χ1n) is 3.29. The predicted octanol–water partition coefficient (Wildman–Crippen LogP) is -1.97. The zero-order valence-corrected chi connectivity index (χ0v) is 8.26. The molecule has 1 atom stereocenters. The van der Waals surface area contributed by atoms with Gasteiger partial charge in [0, 0.05) is 0 Å². The van der Waals surface area contributed by atoms with Gasteiger partial charge in [-0.15, -0.1) is 0 Å². The van der Waals surface area contributed by atoms with Gasteiger partial charge < -0.3 is 0 Å². The number of likely N-dealkylation sites (N-methyl/N-ethyl adjacent to an activating group) is 1. The van der Waals surface area contributed by atoms with Crippen LogP contribution >= 0.6 is 0 Å². The molecule has 1 nitrogen and oxygen atoms in total. The zero-order valence-electron chi connectivity index (χ0n) is 6.10. The second kappa shape index (κ2) is 2.58. The molecule has 0 saturated carbocycles. The summed E-state index contributed by atoms with van der Waals surface area (Å²) in [6.45, 7) is 8.91. The van der Waals surface area contributed by atoms with E-state index in [2.05, 4.69) is 26.6 Å². The standard InChI is InChI=1S/C7H14IN/c1-4-7(2)8-9(3)5-6-9/h4,7H,1,5-6H2,2-3H3. The maximum absolute atomic E-state index is 3.79. The summed E-state index contributed by atoms with van der Waals surface area (Å²) in [6, 6.07) is 0. The summed E-state index contributed by atoms with van der Waals surface area (Å²) >= 11 is 0.349. The van der Waals surface area contributed by atoms with Crippen LogP contribution in [-0.4, -0.2) is 26.8 Å². The van der Waals surface area contributed by atoms with Gasteiger partial charge >= 0.3 is 67.8 Å². The summed E-state index contributed by atoms with van der Waals surface area (Å²) in [6.07, 6.45) is 2.09. The molecule has 1 saturated heterocycles. The molecule has 0 amide bonds. The van der Waals surface area contributed by atoms with Crippen LogP contribution in [-0.2, 0) is 0 Å². The Morgan fingerprint density at radius 1 is 1.67 bits per heavy atom. The van der Waals surface area contributed by atoms with Gasteiger partial charge in [0.2, 0.25) is 0 Å². The van der Waals surface area contributed by atoms with E-state index in [0.29, 0.717) is 21.5 Å². The summed E-state index contributed by atoms with van der Waals surface area (Å²) < 4.78 is 2.18. The fourth-order valence-electron chi connectivity index (χ4n) is 0.647. The Labute approximate surface area is 67.9 Å². The predicted molar refractivity (Wildman–Crippen MR) is 35.6 cm³/mol. The molecule has 1 unspecified atom stereocenters. The van der Waals surface area contributed by atoms with Gasteiger partial charge in [0.1, 0.15) is 0 Å². The summed E-state index contributed by atoms with van der Waals surface area (Å²) in [5.41, 5.74) is 0. The van der Waals surface area contributed by atoms with Gasteiger partial charge in [0.05, 0.1) is 0 Å². The molecule has 0 radical (unpaired) electrons. The zero-order chi connectivity index (χ0) is 6.91. The van der Waals surface area contributed by atoms with Crippen molar-refractivity contribution in [3.8, 4) is 0 Å². The Morgan fingerprint density at radius 2 is 2.22 bits per heavy atom. The first-order chi connectivity index (χ1) is 4.16. The van der Waals surface area contributed by atoms with Crippen molar-refractivity contribution in [3.05, 3.63) is 12.7 Å². The Morgan fingerprint density at radius 3 is 2.56 bits per heavy atom. The molecule has 0 spiro atoms. The molecule has 0 aliphatic carbocycles. The van der Waals surface area contributed by atoms with Crippen LogP contribution in [0.3, 0.4) is 0 Å². The molecule has 0 aromatic rings. The molecule has 1 aliphatic rings. The van der Waals surface area contributed by atoms with Gasteiger partial charge in [-0.3, -0.25) is 0 Å². The molecule has 0 aromatic carbocycles. The fourth-order valence-corrected chi connectivity index (χ4v) is 3.77. The summed E-state index contributed by atoms with van der Waals surface area (Å²) in [5.74, 6) is 0. The van der Waals surface area contributed by atoms with Crippen LogP contribution in [0.2, 0.25) is 0 Å². The van der Waals surface area contributed by atoms with Gasteiger partial charge in [-0.2, -0.15) is 0 Å². The summed E-state index contributed by atoms with van der Waals surface area (Å²) in [4.78, 5) is 0.